The summed E-state index contributed by atoms with van der Waals surface area (Å²) in [5, 5.41) is -0.997. The monoisotopic (exact) mass is 561 g/mol. The summed E-state index contributed by atoms with van der Waals surface area (Å²) >= 11 is 0. The second-order valence-electron chi connectivity index (χ2n) is 5.22. The van der Waals surface area contributed by atoms with Crippen molar-refractivity contribution >= 4 is 35.4 Å². The maximum absolute atomic E-state index is 12.0. The van der Waals surface area contributed by atoms with E-state index in [0.717, 1.165) is 5.82 Å². The van der Waals surface area contributed by atoms with Crippen LogP contribution in [-0.4, -0.2) is 65.3 Å². The van der Waals surface area contributed by atoms with Crippen LogP contribution in [0.2, 0.25) is 0 Å². The first-order chi connectivity index (χ1) is 13.5. The van der Waals surface area contributed by atoms with E-state index in [4.69, 9.17) is 9.05 Å². The zero-order chi connectivity index (χ0) is 24.8. The van der Waals surface area contributed by atoms with Crippen molar-refractivity contribution < 1.29 is 112 Å². The van der Waals surface area contributed by atoms with Crippen LogP contribution < -0.4 is 59.1 Å². The van der Waals surface area contributed by atoms with Gasteiger partial charge in [-0.05, 0) is 19.8 Å². The van der Waals surface area contributed by atoms with Crippen molar-refractivity contribution in [2.75, 3.05) is 28.4 Å². The Morgan fingerprint density at radius 1 is 0.969 bits per heavy atom. The minimum Gasteiger partial charge on any atom is -0.748 e. The Morgan fingerprint density at radius 2 is 1.31 bits per heavy atom. The second-order valence-corrected chi connectivity index (χ2v) is 13.0. The molecule has 0 fully saturated rings. The van der Waals surface area contributed by atoms with Crippen molar-refractivity contribution in [1.29, 1.82) is 0 Å². The van der Waals surface area contributed by atoms with E-state index in [1.54, 1.807) is 6.92 Å². The van der Waals surface area contributed by atoms with Crippen LogP contribution in [-0.2, 0) is 47.5 Å². The van der Waals surface area contributed by atoms with Gasteiger partial charge in [-0.1, -0.05) is 13.5 Å². The molecule has 0 aromatic heterocycles. The predicted molar refractivity (Wildman–Crippen MR) is 110 cm³/mol. The van der Waals surface area contributed by atoms with Gasteiger partial charge in [0.25, 0.3) is 5.41 Å². The van der Waals surface area contributed by atoms with Crippen molar-refractivity contribution in [3.8, 4) is 0 Å². The molecule has 0 heterocycles. The molecule has 0 saturated carbocycles. The molecular weight excluding hydrogens is 532 g/mol. The van der Waals surface area contributed by atoms with E-state index in [0.29, 0.717) is 6.42 Å². The maximum atomic E-state index is 12.0. The van der Waals surface area contributed by atoms with Crippen LogP contribution in [0, 0.1) is 6.58 Å². The molecule has 0 rings (SSSR count). The second kappa shape index (κ2) is 20.7. The molecule has 0 aliphatic carbocycles. The van der Waals surface area contributed by atoms with Gasteiger partial charge in [0, 0.05) is 39.5 Å². The average Bonchev–Trinajstić information content (AvgIpc) is 2.70. The van der Waals surface area contributed by atoms with Crippen LogP contribution in [0.3, 0.4) is 0 Å². The number of hydrogen-bond acceptors (Lipinski definition) is 12. The van der Waals surface area contributed by atoms with Crippen molar-refractivity contribution in [2.24, 2.45) is 0 Å². The first kappa shape index (κ1) is 43.6. The van der Waals surface area contributed by atoms with E-state index in [1.165, 1.54) is 35.4 Å². The van der Waals surface area contributed by atoms with E-state index >= 15 is 0 Å². The Balaban J connectivity index is -0.000000128. The molecule has 0 amide bonds. The zero-order valence-corrected chi connectivity index (χ0v) is 27.0. The van der Waals surface area contributed by atoms with Crippen molar-refractivity contribution in [1.82, 2.24) is 0 Å². The third-order valence-corrected chi connectivity index (χ3v) is 8.89. The normalized spacial score (nSPS) is 13.3. The average molecular weight is 561 g/mol. The summed E-state index contributed by atoms with van der Waals surface area (Å²) in [7, 11) is -9.74. The third kappa shape index (κ3) is 20.8. The van der Waals surface area contributed by atoms with E-state index < -0.39 is 46.3 Å². The Hall–Kier alpha value is 1.51. The standard InChI is InChI=1S/C8H19O6PS.C4H9O3P.C2H2O3S.2Na/c1-5-8(15(9,13-3)14-4)6-7(2)16(10,11)12;1-4-8(5,6-2)7-3;1-2-6(3,4)5;;/h7-8H,5-6H2,1-4H3,(H,10,11,12);4H,1H2,2-3H3;1-2H;;/q;;;2*+1/p-1. The van der Waals surface area contributed by atoms with Gasteiger partial charge in [-0.15, -0.1) is 0 Å². The van der Waals surface area contributed by atoms with E-state index in [9.17, 15) is 35.1 Å². The first-order valence-electron chi connectivity index (χ1n) is 7.97. The number of hydrogen-bond donors (Lipinski definition) is 0. The van der Waals surface area contributed by atoms with Crippen molar-refractivity contribution in [3.63, 3.8) is 0 Å². The summed E-state index contributed by atoms with van der Waals surface area (Å²) in [4.78, 5) is 0. The van der Waals surface area contributed by atoms with E-state index in [1.807, 2.05) is 0 Å². The van der Waals surface area contributed by atoms with Crippen molar-refractivity contribution in [2.45, 2.75) is 37.6 Å². The summed E-state index contributed by atoms with van der Waals surface area (Å²) in [5.41, 5.74) is -0.582. The Kier molecular flexibility index (Phi) is 28.2. The summed E-state index contributed by atoms with van der Waals surface area (Å²) in [5.74, 6) is 1.16. The van der Waals surface area contributed by atoms with E-state index in [2.05, 4.69) is 22.2 Å². The SMILES string of the molecule is C=CP(=O)(OC)OC.CCC(CC(C)S(=O)(=O)[O-])P(=O)(OC)OC.[CH+]=CS(=O)(=O)[O-].[Na+].[Na+]. The minimum absolute atomic E-state index is 0. The molecule has 2 unspecified atom stereocenters. The molecule has 0 aromatic carbocycles. The molecule has 0 aliphatic heterocycles. The van der Waals surface area contributed by atoms with Crippen LogP contribution >= 0.6 is 15.2 Å². The molecule has 2 atom stereocenters. The topological polar surface area (TPSA) is 185 Å². The van der Waals surface area contributed by atoms with Gasteiger partial charge in [0.05, 0.1) is 15.8 Å². The molecule has 0 bridgehead atoms. The number of rotatable bonds is 11. The molecule has 18 heteroatoms. The van der Waals surface area contributed by atoms with Gasteiger partial charge >= 0.3 is 74.3 Å². The smallest absolute Gasteiger partial charge is 0.748 e. The molecule has 0 saturated heterocycles. The molecular formula is C14H29Na2O12P2S2+. The van der Waals surface area contributed by atoms with Crippen LogP contribution in [0.15, 0.2) is 17.8 Å². The predicted octanol–water partition coefficient (Wildman–Crippen LogP) is -3.32. The molecule has 0 N–H and O–H groups in total. The van der Waals surface area contributed by atoms with Gasteiger partial charge in [0.1, 0.15) is 0 Å². The fourth-order valence-electron chi connectivity index (χ4n) is 1.62. The Labute approximate surface area is 236 Å². The zero-order valence-electron chi connectivity index (χ0n) is 19.6. The quantitative estimate of drug-likeness (QED) is 0.106. The maximum Gasteiger partial charge on any atom is 1.00 e. The summed E-state index contributed by atoms with van der Waals surface area (Å²) in [6.07, 6.45) is 0.389. The van der Waals surface area contributed by atoms with Gasteiger partial charge in [0.2, 0.25) is 6.58 Å². The van der Waals surface area contributed by atoms with E-state index in [-0.39, 0.29) is 70.9 Å². The van der Waals surface area contributed by atoms with Crippen LogP contribution in [0.1, 0.15) is 26.7 Å². The third-order valence-electron chi connectivity index (χ3n) is 3.42. The summed E-state index contributed by atoms with van der Waals surface area (Å²) in [6.45, 7) is 10.6. The van der Waals surface area contributed by atoms with Crippen LogP contribution in [0.5, 0.6) is 0 Å². The van der Waals surface area contributed by atoms with Gasteiger partial charge in [-0.25, -0.2) is 16.8 Å². The Bertz CT molecular complexity index is 790. The van der Waals surface area contributed by atoms with Crippen LogP contribution in [0.4, 0.5) is 0 Å². The Morgan fingerprint density at radius 3 is 1.44 bits per heavy atom. The molecule has 0 aromatic rings. The van der Waals surface area contributed by atoms with Crippen molar-refractivity contribution in [3.05, 3.63) is 24.4 Å². The minimum atomic E-state index is -4.37. The molecule has 12 nitrogen and oxygen atoms in total. The fraction of sp³-hybridized carbons (Fsp3) is 0.714. The van der Waals surface area contributed by atoms with Gasteiger partial charge < -0.3 is 27.2 Å². The molecule has 0 spiro atoms. The first-order valence-corrected chi connectivity index (χ1v) is 14.1. The van der Waals surface area contributed by atoms with Gasteiger partial charge in [-0.2, -0.15) is 0 Å². The van der Waals surface area contributed by atoms with Gasteiger partial charge in [-0.3, -0.25) is 9.13 Å². The largest absolute Gasteiger partial charge is 1.00 e. The molecule has 0 aliphatic rings. The van der Waals surface area contributed by atoms with Crippen LogP contribution in [0.25, 0.3) is 0 Å². The molecule has 32 heavy (non-hydrogen) atoms. The fourth-order valence-corrected chi connectivity index (χ4v) is 4.44. The summed E-state index contributed by atoms with van der Waals surface area (Å²) < 4.78 is 101. The molecule has 180 valence electrons. The molecule has 0 radical (unpaired) electrons. The van der Waals surface area contributed by atoms with Gasteiger partial charge in [0.15, 0.2) is 10.1 Å². The summed E-state index contributed by atoms with van der Waals surface area (Å²) in [6, 6.07) is 0.